The number of halogens is 1. The molecule has 3 aliphatic rings. The lowest BCUT2D eigenvalue weighted by Crippen LogP contribution is -2.45. The van der Waals surface area contributed by atoms with Gasteiger partial charge in [0, 0.05) is 10.9 Å². The number of carbonyl (C=O) groups is 2. The van der Waals surface area contributed by atoms with Crippen LogP contribution in [-0.2, 0) is 19.1 Å². The summed E-state index contributed by atoms with van der Waals surface area (Å²) in [6.45, 7) is 0.375. The molecule has 0 aromatic rings. The lowest BCUT2D eigenvalue weighted by atomic mass is 9.88. The van der Waals surface area contributed by atoms with Gasteiger partial charge in [-0.2, -0.15) is 0 Å². The summed E-state index contributed by atoms with van der Waals surface area (Å²) in [5.41, 5.74) is 0. The largest absolute Gasteiger partial charge is 0.463 e. The van der Waals surface area contributed by atoms with Crippen molar-refractivity contribution in [2.24, 2.45) is 5.92 Å². The molecule has 0 unspecified atom stereocenters. The number of esters is 1. The second-order valence-electron chi connectivity index (χ2n) is 3.01. The Morgan fingerprint density at radius 3 is 3.08 bits per heavy atom. The van der Waals surface area contributed by atoms with Gasteiger partial charge in [-0.1, -0.05) is 22.0 Å². The van der Waals surface area contributed by atoms with Gasteiger partial charge in [-0.15, -0.1) is 0 Å². The molecule has 3 atom stereocenters. The summed E-state index contributed by atoms with van der Waals surface area (Å²) in [6.07, 6.45) is 1.66. The molecule has 70 valence electrons. The van der Waals surface area contributed by atoms with E-state index >= 15 is 0 Å². The smallest absolute Gasteiger partial charge is 0.317 e. The van der Waals surface area contributed by atoms with E-state index in [0.29, 0.717) is 12.9 Å². The normalized spacial score (nSPS) is 36.5. The molecule has 3 rings (SSSR count). The van der Waals surface area contributed by atoms with Gasteiger partial charge in [0.15, 0.2) is 0 Å². The van der Waals surface area contributed by atoms with Crippen LogP contribution in [0.15, 0.2) is 10.6 Å². The topological polar surface area (TPSA) is 52.6 Å². The van der Waals surface area contributed by atoms with E-state index in [1.165, 1.54) is 0 Å². The van der Waals surface area contributed by atoms with Crippen molar-refractivity contribution >= 4 is 28.4 Å². The quantitative estimate of drug-likeness (QED) is 0.533. The van der Waals surface area contributed by atoms with Crippen LogP contribution >= 0.6 is 15.9 Å². The summed E-state index contributed by atoms with van der Waals surface area (Å²) in [4.78, 5) is 21.3. The number of carbonyl (C=O) groups excluding carboxylic acids is 2. The Hall–Kier alpha value is -0.840. The van der Waals surface area contributed by atoms with Crippen molar-refractivity contribution in [3.8, 4) is 0 Å². The molecule has 0 spiro atoms. The van der Waals surface area contributed by atoms with Gasteiger partial charge in [-0.25, -0.2) is 0 Å². The molecule has 5 heteroatoms. The van der Waals surface area contributed by atoms with E-state index in [1.807, 2.05) is 0 Å². The second kappa shape index (κ2) is 3.14. The molecule has 0 aromatic carbocycles. The molecule has 2 heterocycles. The molecular formula is C8H7BrO4. The number of ether oxygens (including phenoxy) is 2. The predicted molar refractivity (Wildman–Crippen MR) is 45.9 cm³/mol. The Morgan fingerprint density at radius 2 is 2.46 bits per heavy atom. The number of rotatable bonds is 2. The average molecular weight is 247 g/mol. The molecular weight excluding hydrogens is 240 g/mol. The zero-order chi connectivity index (χ0) is 9.42. The van der Waals surface area contributed by atoms with E-state index in [9.17, 15) is 9.59 Å². The van der Waals surface area contributed by atoms with Gasteiger partial charge in [-0.3, -0.25) is 9.59 Å². The fourth-order valence-corrected chi connectivity index (χ4v) is 2.18. The van der Waals surface area contributed by atoms with Crippen LogP contribution in [0.25, 0.3) is 0 Å². The monoisotopic (exact) mass is 246 g/mol. The van der Waals surface area contributed by atoms with Crippen molar-refractivity contribution in [3.05, 3.63) is 10.6 Å². The van der Waals surface area contributed by atoms with Crippen LogP contribution in [0, 0.1) is 5.92 Å². The van der Waals surface area contributed by atoms with Crippen molar-refractivity contribution < 1.29 is 19.1 Å². The van der Waals surface area contributed by atoms with Gasteiger partial charge in [-0.05, 0) is 0 Å². The van der Waals surface area contributed by atoms with Crippen LogP contribution in [0.2, 0.25) is 0 Å². The molecule has 13 heavy (non-hydrogen) atoms. The van der Waals surface area contributed by atoms with Crippen molar-refractivity contribution in [2.45, 2.75) is 18.6 Å². The van der Waals surface area contributed by atoms with Gasteiger partial charge < -0.3 is 9.47 Å². The number of hydrogen-bond donors (Lipinski definition) is 0. The molecule has 0 aromatic heterocycles. The van der Waals surface area contributed by atoms with E-state index < -0.39 is 5.92 Å². The second-order valence-corrected chi connectivity index (χ2v) is 3.93. The first-order valence-electron chi connectivity index (χ1n) is 3.89. The third-order valence-electron chi connectivity index (χ3n) is 2.25. The highest BCUT2D eigenvalue weighted by Crippen LogP contribution is 2.37. The fourth-order valence-electron chi connectivity index (χ4n) is 1.61. The molecule has 1 fully saturated rings. The van der Waals surface area contributed by atoms with Crippen LogP contribution in [0.5, 0.6) is 0 Å². The Balaban J connectivity index is 2.22. The highest BCUT2D eigenvalue weighted by Gasteiger charge is 2.44. The minimum absolute atomic E-state index is 0.276. The third-order valence-corrected chi connectivity index (χ3v) is 3.03. The lowest BCUT2D eigenvalue weighted by molar-refractivity contribution is -0.170. The Morgan fingerprint density at radius 1 is 1.69 bits per heavy atom. The fraction of sp³-hybridized carbons (Fsp3) is 0.500. The zero-order valence-electron chi connectivity index (χ0n) is 6.60. The van der Waals surface area contributed by atoms with Gasteiger partial charge in [0.05, 0.1) is 0 Å². The first-order chi connectivity index (χ1) is 6.22. The number of fused-ring (bicyclic) bond motifs is 2. The van der Waals surface area contributed by atoms with E-state index in [-0.39, 0.29) is 18.2 Å². The van der Waals surface area contributed by atoms with Crippen molar-refractivity contribution in [3.63, 3.8) is 0 Å². The Kier molecular flexibility index (Phi) is 2.11. The molecule has 0 saturated carbocycles. The van der Waals surface area contributed by atoms with Crippen molar-refractivity contribution in [2.75, 3.05) is 0 Å². The summed E-state index contributed by atoms with van der Waals surface area (Å²) in [6, 6.07) is 0. The maximum Gasteiger partial charge on any atom is 0.317 e. The maximum absolute atomic E-state index is 11.2. The van der Waals surface area contributed by atoms with E-state index in [2.05, 4.69) is 15.9 Å². The summed E-state index contributed by atoms with van der Waals surface area (Å²) < 4.78 is 10.7. The maximum atomic E-state index is 11.2. The lowest BCUT2D eigenvalue weighted by Gasteiger charge is -2.37. The van der Waals surface area contributed by atoms with Crippen molar-refractivity contribution in [1.82, 2.24) is 0 Å². The van der Waals surface area contributed by atoms with Crippen LogP contribution in [0.1, 0.15) is 6.42 Å². The van der Waals surface area contributed by atoms with E-state index in [4.69, 9.17) is 9.47 Å². The van der Waals surface area contributed by atoms with Crippen molar-refractivity contribution in [1.29, 1.82) is 0 Å². The van der Waals surface area contributed by atoms with Crippen LogP contribution < -0.4 is 0 Å². The molecule has 1 aliphatic carbocycles. The van der Waals surface area contributed by atoms with Crippen LogP contribution in [0.4, 0.5) is 0 Å². The van der Waals surface area contributed by atoms with E-state index in [1.54, 1.807) is 6.08 Å². The summed E-state index contributed by atoms with van der Waals surface area (Å²) in [7, 11) is 0. The van der Waals surface area contributed by atoms with E-state index in [0.717, 1.165) is 4.48 Å². The van der Waals surface area contributed by atoms with Gasteiger partial charge in [0.25, 0.3) is 6.47 Å². The first kappa shape index (κ1) is 8.74. The predicted octanol–water partition coefficient (Wildman–Crippen LogP) is 0.752. The molecule has 2 aliphatic heterocycles. The highest BCUT2D eigenvalue weighted by molar-refractivity contribution is 9.11. The minimum Gasteiger partial charge on any atom is -0.463 e. The number of hydrogen-bond acceptors (Lipinski definition) is 4. The van der Waals surface area contributed by atoms with Crippen LogP contribution in [-0.4, -0.2) is 24.6 Å². The molecule has 1 saturated heterocycles. The average Bonchev–Trinajstić information content (AvgIpc) is 2.09. The molecule has 4 nitrogen and oxygen atoms in total. The summed E-state index contributed by atoms with van der Waals surface area (Å²) in [5.74, 6) is -0.754. The minimum atomic E-state index is -0.440. The SMILES string of the molecule is O=CO[C@@H]1C[C@@H]2OC(=O)[C@H]1C=C2Br. The summed E-state index contributed by atoms with van der Waals surface area (Å²) in [5, 5.41) is 0. The zero-order valence-corrected chi connectivity index (χ0v) is 8.19. The van der Waals surface area contributed by atoms with Gasteiger partial charge in [0.1, 0.15) is 18.1 Å². The molecule has 0 N–H and O–H groups in total. The molecule has 0 amide bonds. The molecule has 0 radical (unpaired) electrons. The highest BCUT2D eigenvalue weighted by atomic mass is 79.9. The first-order valence-corrected chi connectivity index (χ1v) is 4.68. The Bertz CT molecular complexity index is 286. The van der Waals surface area contributed by atoms with Gasteiger partial charge in [0.2, 0.25) is 0 Å². The summed E-state index contributed by atoms with van der Waals surface area (Å²) >= 11 is 3.29. The molecule has 2 bridgehead atoms. The third kappa shape index (κ3) is 1.37. The van der Waals surface area contributed by atoms with Gasteiger partial charge >= 0.3 is 5.97 Å². The standard InChI is InChI=1S/C8H7BrO4/c9-5-1-4-6(12-3-10)2-7(5)13-8(4)11/h1,3-4,6-7H,2H2/t4-,6+,7-/m0/s1. The van der Waals surface area contributed by atoms with Crippen LogP contribution in [0.3, 0.4) is 0 Å². The Labute approximate surface area is 83.0 Å².